The van der Waals surface area contributed by atoms with E-state index >= 15 is 0 Å². The lowest BCUT2D eigenvalue weighted by atomic mass is 9.80. The minimum absolute atomic E-state index is 0.133. The lowest BCUT2D eigenvalue weighted by Crippen LogP contribution is -2.43. The molecule has 108 valence electrons. The SMILES string of the molecule is COc1ccc(C2CC(=O)NCC2C(=O)O)c(OC)c1. The summed E-state index contributed by atoms with van der Waals surface area (Å²) < 4.78 is 10.4. The summed E-state index contributed by atoms with van der Waals surface area (Å²) in [7, 11) is 3.06. The molecule has 1 fully saturated rings. The first-order chi connectivity index (χ1) is 9.56. The first kappa shape index (κ1) is 14.2. The van der Waals surface area contributed by atoms with Crippen LogP contribution >= 0.6 is 0 Å². The molecule has 0 aliphatic carbocycles. The van der Waals surface area contributed by atoms with Crippen molar-refractivity contribution in [2.24, 2.45) is 5.92 Å². The molecule has 1 aromatic rings. The molecule has 0 aromatic heterocycles. The fraction of sp³-hybridized carbons (Fsp3) is 0.429. The number of methoxy groups -OCH3 is 2. The number of piperidine rings is 1. The number of carboxylic acid groups (broad SMARTS) is 1. The third-order valence-electron chi connectivity index (χ3n) is 3.57. The molecule has 0 spiro atoms. The summed E-state index contributed by atoms with van der Waals surface area (Å²) in [5.41, 5.74) is 0.718. The van der Waals surface area contributed by atoms with Crippen molar-refractivity contribution in [2.75, 3.05) is 20.8 Å². The topological polar surface area (TPSA) is 84.9 Å². The van der Waals surface area contributed by atoms with E-state index in [0.29, 0.717) is 11.5 Å². The van der Waals surface area contributed by atoms with Crippen molar-refractivity contribution in [3.05, 3.63) is 23.8 Å². The van der Waals surface area contributed by atoms with Crippen LogP contribution in [0.3, 0.4) is 0 Å². The summed E-state index contributed by atoms with van der Waals surface area (Å²) >= 11 is 0. The number of ether oxygens (including phenoxy) is 2. The number of aliphatic carboxylic acids is 1. The van der Waals surface area contributed by atoms with Gasteiger partial charge in [-0.3, -0.25) is 9.59 Å². The second-order valence-corrected chi connectivity index (χ2v) is 4.67. The second kappa shape index (κ2) is 5.81. The van der Waals surface area contributed by atoms with Gasteiger partial charge in [0.15, 0.2) is 0 Å². The van der Waals surface area contributed by atoms with Gasteiger partial charge in [-0.2, -0.15) is 0 Å². The minimum atomic E-state index is -0.923. The lowest BCUT2D eigenvalue weighted by Gasteiger charge is -2.30. The van der Waals surface area contributed by atoms with Gasteiger partial charge in [-0.15, -0.1) is 0 Å². The molecule has 1 saturated heterocycles. The molecule has 2 unspecified atom stereocenters. The van der Waals surface area contributed by atoms with Crippen molar-refractivity contribution in [2.45, 2.75) is 12.3 Å². The van der Waals surface area contributed by atoms with Gasteiger partial charge in [-0.25, -0.2) is 0 Å². The third-order valence-corrected chi connectivity index (χ3v) is 3.57. The molecule has 2 atom stereocenters. The number of rotatable bonds is 4. The van der Waals surface area contributed by atoms with Crippen molar-refractivity contribution >= 4 is 11.9 Å². The van der Waals surface area contributed by atoms with Crippen LogP contribution in [-0.4, -0.2) is 37.7 Å². The highest BCUT2D eigenvalue weighted by molar-refractivity contribution is 5.82. The molecule has 2 N–H and O–H groups in total. The standard InChI is InChI=1S/C14H17NO5/c1-19-8-3-4-9(12(5-8)20-2)10-6-13(16)15-7-11(10)14(17)18/h3-5,10-11H,6-7H2,1-2H3,(H,15,16)(H,17,18). The molecule has 0 bridgehead atoms. The Kier molecular flexibility index (Phi) is 4.12. The molecule has 6 nitrogen and oxygen atoms in total. The Morgan fingerprint density at radius 2 is 2.10 bits per heavy atom. The fourth-order valence-corrected chi connectivity index (χ4v) is 2.49. The van der Waals surface area contributed by atoms with E-state index in [-0.39, 0.29) is 18.9 Å². The van der Waals surface area contributed by atoms with Crippen molar-refractivity contribution in [1.82, 2.24) is 5.32 Å². The number of hydrogen-bond donors (Lipinski definition) is 2. The lowest BCUT2D eigenvalue weighted by molar-refractivity contribution is -0.144. The van der Waals surface area contributed by atoms with Gasteiger partial charge in [0.2, 0.25) is 5.91 Å². The van der Waals surface area contributed by atoms with E-state index in [4.69, 9.17) is 9.47 Å². The van der Waals surface area contributed by atoms with Gasteiger partial charge in [-0.05, 0) is 11.6 Å². The highest BCUT2D eigenvalue weighted by Gasteiger charge is 2.36. The maximum absolute atomic E-state index is 11.6. The molecule has 1 heterocycles. The quantitative estimate of drug-likeness (QED) is 0.859. The first-order valence-corrected chi connectivity index (χ1v) is 6.28. The van der Waals surface area contributed by atoms with E-state index in [0.717, 1.165) is 5.56 Å². The molecule has 2 rings (SSSR count). The number of carboxylic acids is 1. The first-order valence-electron chi connectivity index (χ1n) is 6.28. The van der Waals surface area contributed by atoms with Crippen LogP contribution in [-0.2, 0) is 9.59 Å². The Bertz CT molecular complexity index is 528. The number of hydrogen-bond acceptors (Lipinski definition) is 4. The van der Waals surface area contributed by atoms with E-state index in [9.17, 15) is 14.7 Å². The smallest absolute Gasteiger partial charge is 0.308 e. The number of nitrogens with one attached hydrogen (secondary N) is 1. The van der Waals surface area contributed by atoms with E-state index in [1.54, 1.807) is 25.3 Å². The Morgan fingerprint density at radius 3 is 2.70 bits per heavy atom. The Morgan fingerprint density at radius 1 is 1.35 bits per heavy atom. The number of benzene rings is 1. The molecule has 1 aliphatic rings. The zero-order chi connectivity index (χ0) is 14.7. The normalized spacial score (nSPS) is 22.0. The van der Waals surface area contributed by atoms with Crippen molar-refractivity contribution < 1.29 is 24.2 Å². The van der Waals surface area contributed by atoms with Gasteiger partial charge in [0.1, 0.15) is 11.5 Å². The highest BCUT2D eigenvalue weighted by atomic mass is 16.5. The Hall–Kier alpha value is -2.24. The van der Waals surface area contributed by atoms with Crippen LogP contribution < -0.4 is 14.8 Å². The number of amides is 1. The Labute approximate surface area is 116 Å². The molecule has 1 aliphatic heterocycles. The van der Waals surface area contributed by atoms with E-state index in [2.05, 4.69) is 5.32 Å². The molecule has 6 heteroatoms. The predicted octanol–water partition coefficient (Wildman–Crippen LogP) is 1.01. The zero-order valence-electron chi connectivity index (χ0n) is 11.4. The van der Waals surface area contributed by atoms with Crippen LogP contribution in [0.25, 0.3) is 0 Å². The molecular formula is C14H17NO5. The molecule has 1 aromatic carbocycles. The average Bonchev–Trinajstić information content (AvgIpc) is 2.46. The largest absolute Gasteiger partial charge is 0.497 e. The van der Waals surface area contributed by atoms with Gasteiger partial charge < -0.3 is 19.9 Å². The van der Waals surface area contributed by atoms with Gasteiger partial charge >= 0.3 is 5.97 Å². The summed E-state index contributed by atoms with van der Waals surface area (Å²) in [6.45, 7) is 0.133. The van der Waals surface area contributed by atoms with Crippen LogP contribution in [0.4, 0.5) is 0 Å². The predicted molar refractivity (Wildman–Crippen MR) is 71.0 cm³/mol. The number of carbonyl (C=O) groups excluding carboxylic acids is 1. The summed E-state index contributed by atoms with van der Waals surface area (Å²) in [4.78, 5) is 22.9. The maximum atomic E-state index is 11.6. The second-order valence-electron chi connectivity index (χ2n) is 4.67. The molecule has 0 radical (unpaired) electrons. The van der Waals surface area contributed by atoms with Gasteiger partial charge in [0.05, 0.1) is 20.1 Å². The van der Waals surface area contributed by atoms with Crippen LogP contribution in [0.2, 0.25) is 0 Å². The van der Waals surface area contributed by atoms with Crippen molar-refractivity contribution in [3.63, 3.8) is 0 Å². The molecule has 0 saturated carbocycles. The van der Waals surface area contributed by atoms with Gasteiger partial charge in [0.25, 0.3) is 0 Å². The van der Waals surface area contributed by atoms with Crippen molar-refractivity contribution in [1.29, 1.82) is 0 Å². The summed E-state index contributed by atoms with van der Waals surface area (Å²) in [6.07, 6.45) is 0.139. The van der Waals surface area contributed by atoms with Gasteiger partial charge in [-0.1, -0.05) is 6.07 Å². The zero-order valence-corrected chi connectivity index (χ0v) is 11.4. The van der Waals surface area contributed by atoms with Crippen LogP contribution in [0.15, 0.2) is 18.2 Å². The van der Waals surface area contributed by atoms with Crippen LogP contribution in [0, 0.1) is 5.92 Å². The minimum Gasteiger partial charge on any atom is -0.497 e. The summed E-state index contributed by atoms with van der Waals surface area (Å²) in [5, 5.41) is 11.9. The molecule has 20 heavy (non-hydrogen) atoms. The summed E-state index contributed by atoms with van der Waals surface area (Å²) in [5.74, 6) is -0.969. The molecule has 1 amide bonds. The molecular weight excluding hydrogens is 262 g/mol. The van der Waals surface area contributed by atoms with Crippen molar-refractivity contribution in [3.8, 4) is 11.5 Å². The average molecular weight is 279 g/mol. The highest BCUT2D eigenvalue weighted by Crippen LogP contribution is 2.38. The van der Waals surface area contributed by atoms with Crippen LogP contribution in [0.1, 0.15) is 17.9 Å². The Balaban J connectivity index is 2.40. The van der Waals surface area contributed by atoms with E-state index in [1.165, 1.54) is 7.11 Å². The van der Waals surface area contributed by atoms with Crippen LogP contribution in [0.5, 0.6) is 11.5 Å². The third kappa shape index (κ3) is 2.68. The monoisotopic (exact) mass is 279 g/mol. The number of carbonyl (C=O) groups is 2. The maximum Gasteiger partial charge on any atom is 0.308 e. The fourth-order valence-electron chi connectivity index (χ4n) is 2.49. The summed E-state index contributed by atoms with van der Waals surface area (Å²) in [6, 6.07) is 5.20. The van der Waals surface area contributed by atoms with E-state index < -0.39 is 17.8 Å². The van der Waals surface area contributed by atoms with Gasteiger partial charge in [0, 0.05) is 24.9 Å². The van der Waals surface area contributed by atoms with E-state index in [1.807, 2.05) is 0 Å².